The first-order chi connectivity index (χ1) is 10.9. The van der Waals surface area contributed by atoms with Gasteiger partial charge in [0.05, 0.1) is 12.0 Å². The largest absolute Gasteiger partial charge is 0.497 e. The molecule has 0 fully saturated rings. The predicted octanol–water partition coefficient (Wildman–Crippen LogP) is 3.36. The first kappa shape index (κ1) is 15.6. The fourth-order valence-corrected chi connectivity index (χ4v) is 3.23. The Hall–Kier alpha value is -2.31. The molecule has 1 heterocycles. The molecular formula is C17H17NO4S. The lowest BCUT2D eigenvalue weighted by atomic mass is 10.1. The van der Waals surface area contributed by atoms with Gasteiger partial charge in [-0.2, -0.15) is 0 Å². The summed E-state index contributed by atoms with van der Waals surface area (Å²) in [5, 5.41) is 0.749. The van der Waals surface area contributed by atoms with E-state index >= 15 is 0 Å². The summed E-state index contributed by atoms with van der Waals surface area (Å²) < 4.78 is 36.5. The fourth-order valence-electron chi connectivity index (χ4n) is 2.29. The molecule has 0 bridgehead atoms. The third-order valence-electron chi connectivity index (χ3n) is 3.64. The molecule has 0 aliphatic heterocycles. The van der Waals surface area contributed by atoms with Crippen LogP contribution in [0.3, 0.4) is 0 Å². The van der Waals surface area contributed by atoms with Crippen LogP contribution in [0.15, 0.2) is 57.8 Å². The molecule has 0 spiro atoms. The highest BCUT2D eigenvalue weighted by atomic mass is 32.2. The van der Waals surface area contributed by atoms with Gasteiger partial charge in [0, 0.05) is 25.0 Å². The molecule has 0 aliphatic carbocycles. The number of ether oxygens (including phenoxy) is 1. The number of furan rings is 1. The number of hydrogen-bond acceptors (Lipinski definition) is 4. The zero-order valence-electron chi connectivity index (χ0n) is 13.1. The molecule has 0 N–H and O–H groups in total. The van der Waals surface area contributed by atoms with Crippen molar-refractivity contribution in [3.05, 3.63) is 48.5 Å². The Labute approximate surface area is 135 Å². The molecule has 120 valence electrons. The van der Waals surface area contributed by atoms with E-state index in [0.29, 0.717) is 11.3 Å². The summed E-state index contributed by atoms with van der Waals surface area (Å²) in [6.07, 6.45) is 0. The minimum atomic E-state index is -3.46. The Morgan fingerprint density at radius 3 is 2.30 bits per heavy atom. The predicted molar refractivity (Wildman–Crippen MR) is 89.1 cm³/mol. The summed E-state index contributed by atoms with van der Waals surface area (Å²) >= 11 is 0. The van der Waals surface area contributed by atoms with E-state index in [2.05, 4.69) is 0 Å². The second kappa shape index (κ2) is 5.72. The van der Waals surface area contributed by atoms with Gasteiger partial charge in [-0.3, -0.25) is 0 Å². The Morgan fingerprint density at radius 1 is 1.00 bits per heavy atom. The first-order valence-electron chi connectivity index (χ1n) is 7.02. The van der Waals surface area contributed by atoms with Crippen LogP contribution in [0, 0.1) is 0 Å². The van der Waals surface area contributed by atoms with Gasteiger partial charge in [-0.25, -0.2) is 12.7 Å². The molecule has 3 rings (SSSR count). The summed E-state index contributed by atoms with van der Waals surface area (Å²) in [6, 6.07) is 14.2. The first-order valence-corrected chi connectivity index (χ1v) is 8.46. The monoisotopic (exact) mass is 331 g/mol. The molecule has 0 saturated heterocycles. The van der Waals surface area contributed by atoms with Crippen LogP contribution in [-0.4, -0.2) is 33.9 Å². The lowest BCUT2D eigenvalue weighted by Gasteiger charge is -2.10. The summed E-state index contributed by atoms with van der Waals surface area (Å²) in [7, 11) is 1.18. The Morgan fingerprint density at radius 2 is 1.70 bits per heavy atom. The van der Waals surface area contributed by atoms with E-state index in [4.69, 9.17) is 9.15 Å². The van der Waals surface area contributed by atoms with Crippen LogP contribution in [0.25, 0.3) is 22.3 Å². The minimum Gasteiger partial charge on any atom is -0.497 e. The normalized spacial score (nSPS) is 12.0. The lowest BCUT2D eigenvalue weighted by molar-refractivity contribution is 0.415. The van der Waals surface area contributed by atoms with Crippen molar-refractivity contribution in [1.29, 1.82) is 0 Å². The second-order valence-electron chi connectivity index (χ2n) is 5.33. The Balaban J connectivity index is 2.05. The van der Waals surface area contributed by atoms with Crippen LogP contribution in [-0.2, 0) is 10.0 Å². The number of fused-ring (bicyclic) bond motifs is 1. The van der Waals surface area contributed by atoms with E-state index < -0.39 is 10.0 Å². The highest BCUT2D eigenvalue weighted by molar-refractivity contribution is 7.89. The van der Waals surface area contributed by atoms with Gasteiger partial charge in [0.15, 0.2) is 0 Å². The van der Waals surface area contributed by atoms with Crippen molar-refractivity contribution in [2.45, 2.75) is 4.90 Å². The van der Waals surface area contributed by atoms with Gasteiger partial charge >= 0.3 is 0 Å². The molecule has 0 saturated carbocycles. The van der Waals surface area contributed by atoms with Crippen molar-refractivity contribution >= 4 is 21.0 Å². The molecule has 0 unspecified atom stereocenters. The maximum absolute atomic E-state index is 12.2. The van der Waals surface area contributed by atoms with Crippen molar-refractivity contribution in [2.24, 2.45) is 0 Å². The molecule has 6 heteroatoms. The standard InChI is InChI=1S/C17H17NO4S/c1-18(2)23(19,20)15-8-9-16-13(10-15)11-17(22-16)12-4-6-14(21-3)7-5-12/h4-11H,1-3H3. The highest BCUT2D eigenvalue weighted by Gasteiger charge is 2.18. The maximum Gasteiger partial charge on any atom is 0.242 e. The number of methoxy groups -OCH3 is 1. The highest BCUT2D eigenvalue weighted by Crippen LogP contribution is 2.30. The third-order valence-corrected chi connectivity index (χ3v) is 5.45. The molecule has 0 radical (unpaired) electrons. The van der Waals surface area contributed by atoms with Crippen molar-refractivity contribution in [3.63, 3.8) is 0 Å². The average Bonchev–Trinajstić information content (AvgIpc) is 2.97. The number of nitrogens with zero attached hydrogens (tertiary/aromatic N) is 1. The number of rotatable bonds is 4. The van der Waals surface area contributed by atoms with E-state index in [1.165, 1.54) is 18.4 Å². The molecule has 5 nitrogen and oxygen atoms in total. The summed E-state index contributed by atoms with van der Waals surface area (Å²) in [6.45, 7) is 0. The van der Waals surface area contributed by atoms with Crippen LogP contribution in [0.2, 0.25) is 0 Å². The van der Waals surface area contributed by atoms with E-state index in [0.717, 1.165) is 16.7 Å². The van der Waals surface area contributed by atoms with E-state index in [1.807, 2.05) is 30.3 Å². The number of hydrogen-bond donors (Lipinski definition) is 0. The van der Waals surface area contributed by atoms with Gasteiger partial charge in [0.25, 0.3) is 0 Å². The lowest BCUT2D eigenvalue weighted by Crippen LogP contribution is -2.22. The van der Waals surface area contributed by atoms with Gasteiger partial charge in [-0.1, -0.05) is 0 Å². The van der Waals surface area contributed by atoms with Crippen LogP contribution >= 0.6 is 0 Å². The van der Waals surface area contributed by atoms with Gasteiger partial charge < -0.3 is 9.15 Å². The molecule has 0 aliphatic rings. The van der Waals surface area contributed by atoms with Crippen molar-refractivity contribution in [3.8, 4) is 17.1 Å². The number of benzene rings is 2. The minimum absolute atomic E-state index is 0.247. The van der Waals surface area contributed by atoms with Crippen LogP contribution in [0.4, 0.5) is 0 Å². The van der Waals surface area contributed by atoms with Gasteiger partial charge in [-0.05, 0) is 48.5 Å². The van der Waals surface area contributed by atoms with Crippen molar-refractivity contribution in [2.75, 3.05) is 21.2 Å². The van der Waals surface area contributed by atoms with Crippen LogP contribution in [0.5, 0.6) is 5.75 Å². The smallest absolute Gasteiger partial charge is 0.242 e. The van der Waals surface area contributed by atoms with Gasteiger partial charge in [-0.15, -0.1) is 0 Å². The summed E-state index contributed by atoms with van der Waals surface area (Å²) in [5.74, 6) is 1.45. The van der Waals surface area contributed by atoms with E-state index in [-0.39, 0.29) is 4.90 Å². The summed E-state index contributed by atoms with van der Waals surface area (Å²) in [5.41, 5.74) is 1.55. The van der Waals surface area contributed by atoms with E-state index in [1.54, 1.807) is 25.3 Å². The molecule has 1 aromatic heterocycles. The fraction of sp³-hybridized carbons (Fsp3) is 0.176. The molecule has 2 aromatic carbocycles. The zero-order chi connectivity index (χ0) is 16.6. The zero-order valence-corrected chi connectivity index (χ0v) is 13.9. The summed E-state index contributed by atoms with van der Waals surface area (Å²) in [4.78, 5) is 0.247. The van der Waals surface area contributed by atoms with Gasteiger partial charge in [0.2, 0.25) is 10.0 Å². The maximum atomic E-state index is 12.2. The molecule has 23 heavy (non-hydrogen) atoms. The third kappa shape index (κ3) is 2.83. The van der Waals surface area contributed by atoms with Gasteiger partial charge in [0.1, 0.15) is 17.1 Å². The topological polar surface area (TPSA) is 59.8 Å². The number of sulfonamides is 1. The van der Waals surface area contributed by atoms with Crippen LogP contribution in [0.1, 0.15) is 0 Å². The molecule has 0 atom stereocenters. The SMILES string of the molecule is COc1ccc(-c2cc3cc(S(=O)(=O)N(C)C)ccc3o2)cc1. The van der Waals surface area contributed by atoms with Crippen LogP contribution < -0.4 is 4.74 Å². The van der Waals surface area contributed by atoms with Crippen molar-refractivity contribution in [1.82, 2.24) is 4.31 Å². The second-order valence-corrected chi connectivity index (χ2v) is 7.48. The molecular weight excluding hydrogens is 314 g/mol. The molecule has 0 amide bonds. The Bertz CT molecular complexity index is 940. The quantitative estimate of drug-likeness (QED) is 0.735. The Kier molecular flexibility index (Phi) is 3.87. The average molecular weight is 331 g/mol. The van der Waals surface area contributed by atoms with Crippen molar-refractivity contribution < 1.29 is 17.6 Å². The molecule has 3 aromatic rings. The van der Waals surface area contributed by atoms with E-state index in [9.17, 15) is 8.42 Å².